The van der Waals surface area contributed by atoms with Gasteiger partial charge in [-0.2, -0.15) is 0 Å². The van der Waals surface area contributed by atoms with Crippen LogP contribution in [0.2, 0.25) is 0 Å². The topological polar surface area (TPSA) is 69.4 Å². The molecule has 0 saturated carbocycles. The molecule has 0 aromatic heterocycles. The van der Waals surface area contributed by atoms with E-state index in [9.17, 15) is 9.59 Å². The molecule has 1 rings (SSSR count). The molecular weight excluding hydrogens is 190 g/mol. The van der Waals surface area contributed by atoms with Crippen LogP contribution in [-0.4, -0.2) is 17.7 Å². The standard InChI is InChI=1S/C8H9NO3S/c1-2-12-7(10)4-5-3-6(9)8(11)13-5/h3-4H,2,9H2,1H3/b5-4-. The molecular formula is C8H9NO3S. The predicted octanol–water partition coefficient (Wildman–Crippen LogP) is 0.549. The number of hydrogen-bond donors (Lipinski definition) is 1. The smallest absolute Gasteiger partial charge is 0.331 e. The van der Waals surface area contributed by atoms with E-state index >= 15 is 0 Å². The first-order chi connectivity index (χ1) is 6.13. The highest BCUT2D eigenvalue weighted by Crippen LogP contribution is 2.27. The first-order valence-corrected chi connectivity index (χ1v) is 4.53. The minimum Gasteiger partial charge on any atom is -0.463 e. The molecule has 70 valence electrons. The lowest BCUT2D eigenvalue weighted by atomic mass is 10.4. The maximum absolute atomic E-state index is 10.9. The lowest BCUT2D eigenvalue weighted by Crippen LogP contribution is -2.01. The quantitative estimate of drug-likeness (QED) is 0.519. The van der Waals surface area contributed by atoms with Gasteiger partial charge in [0.25, 0.3) is 0 Å². The van der Waals surface area contributed by atoms with Crippen molar-refractivity contribution in [2.75, 3.05) is 6.61 Å². The number of ether oxygens (including phenoxy) is 1. The van der Waals surface area contributed by atoms with Gasteiger partial charge in [0, 0.05) is 11.0 Å². The van der Waals surface area contributed by atoms with Crippen LogP contribution in [0.3, 0.4) is 0 Å². The molecule has 0 radical (unpaired) electrons. The van der Waals surface area contributed by atoms with Gasteiger partial charge in [-0.25, -0.2) is 4.79 Å². The number of rotatable bonds is 2. The summed E-state index contributed by atoms with van der Waals surface area (Å²) in [6.07, 6.45) is 2.72. The summed E-state index contributed by atoms with van der Waals surface area (Å²) in [6, 6.07) is 0. The van der Waals surface area contributed by atoms with Crippen LogP contribution in [0.25, 0.3) is 0 Å². The summed E-state index contributed by atoms with van der Waals surface area (Å²) in [5, 5.41) is -0.226. The number of thioether (sulfide) groups is 1. The third-order valence-electron chi connectivity index (χ3n) is 1.29. The zero-order chi connectivity index (χ0) is 9.84. The van der Waals surface area contributed by atoms with E-state index in [0.29, 0.717) is 11.5 Å². The van der Waals surface area contributed by atoms with E-state index in [1.165, 1.54) is 12.2 Å². The van der Waals surface area contributed by atoms with E-state index in [2.05, 4.69) is 4.74 Å². The number of allylic oxidation sites excluding steroid dienone is 1. The molecule has 1 aliphatic rings. The van der Waals surface area contributed by atoms with Crippen LogP contribution in [0.1, 0.15) is 6.92 Å². The van der Waals surface area contributed by atoms with Crippen LogP contribution in [-0.2, 0) is 14.3 Å². The Morgan fingerprint density at radius 3 is 2.92 bits per heavy atom. The van der Waals surface area contributed by atoms with Crippen LogP contribution >= 0.6 is 11.8 Å². The van der Waals surface area contributed by atoms with Crippen molar-refractivity contribution in [2.24, 2.45) is 5.73 Å². The van der Waals surface area contributed by atoms with E-state index in [4.69, 9.17) is 5.73 Å². The largest absolute Gasteiger partial charge is 0.463 e. The fourth-order valence-corrected chi connectivity index (χ4v) is 1.51. The normalized spacial score (nSPS) is 19.0. The van der Waals surface area contributed by atoms with E-state index in [1.807, 2.05) is 0 Å². The lowest BCUT2D eigenvalue weighted by molar-refractivity contribution is -0.137. The summed E-state index contributed by atoms with van der Waals surface area (Å²) < 4.78 is 4.66. The molecule has 0 unspecified atom stereocenters. The van der Waals surface area contributed by atoms with Gasteiger partial charge in [-0.1, -0.05) is 0 Å². The Morgan fingerprint density at radius 1 is 1.77 bits per heavy atom. The van der Waals surface area contributed by atoms with Gasteiger partial charge in [0.05, 0.1) is 12.3 Å². The number of esters is 1. The highest BCUT2D eigenvalue weighted by atomic mass is 32.2. The summed E-state index contributed by atoms with van der Waals surface area (Å²) in [5.74, 6) is -0.455. The fourth-order valence-electron chi connectivity index (χ4n) is 0.779. The van der Waals surface area contributed by atoms with Crippen LogP contribution in [0.5, 0.6) is 0 Å². The van der Waals surface area contributed by atoms with E-state index < -0.39 is 5.97 Å². The van der Waals surface area contributed by atoms with Crippen molar-refractivity contribution in [1.29, 1.82) is 0 Å². The van der Waals surface area contributed by atoms with Crippen molar-refractivity contribution in [3.63, 3.8) is 0 Å². The van der Waals surface area contributed by atoms with E-state index in [-0.39, 0.29) is 10.8 Å². The molecule has 0 aromatic carbocycles. The molecule has 5 heteroatoms. The summed E-state index contributed by atoms with van der Waals surface area (Å²) >= 11 is 0.932. The molecule has 1 aliphatic heterocycles. The van der Waals surface area contributed by atoms with E-state index in [1.54, 1.807) is 6.92 Å². The van der Waals surface area contributed by atoms with E-state index in [0.717, 1.165) is 11.8 Å². The Kier molecular flexibility index (Phi) is 3.13. The second kappa shape index (κ2) is 4.13. The first kappa shape index (κ1) is 9.85. The van der Waals surface area contributed by atoms with Crippen LogP contribution < -0.4 is 5.73 Å². The van der Waals surface area contributed by atoms with Crippen LogP contribution in [0, 0.1) is 0 Å². The Balaban J connectivity index is 2.65. The third-order valence-corrected chi connectivity index (χ3v) is 2.18. The molecule has 0 aliphatic carbocycles. The number of carbonyl (C=O) groups excluding carboxylic acids is 2. The Hall–Kier alpha value is -1.23. The second-order valence-electron chi connectivity index (χ2n) is 2.29. The Labute approximate surface area is 79.8 Å². The number of nitrogens with two attached hydrogens (primary N) is 1. The van der Waals surface area contributed by atoms with Crippen LogP contribution in [0.15, 0.2) is 22.8 Å². The maximum Gasteiger partial charge on any atom is 0.331 e. The molecule has 13 heavy (non-hydrogen) atoms. The Bertz CT molecular complexity index is 307. The number of carbonyl (C=O) groups is 2. The van der Waals surface area contributed by atoms with Crippen molar-refractivity contribution in [1.82, 2.24) is 0 Å². The third kappa shape index (κ3) is 2.62. The monoisotopic (exact) mass is 199 g/mol. The summed E-state index contributed by atoms with van der Waals surface area (Å²) in [7, 11) is 0. The molecule has 0 fully saturated rings. The summed E-state index contributed by atoms with van der Waals surface area (Å²) in [6.45, 7) is 2.04. The molecule has 0 amide bonds. The average molecular weight is 199 g/mol. The lowest BCUT2D eigenvalue weighted by Gasteiger charge is -1.95. The molecule has 0 spiro atoms. The molecule has 2 N–H and O–H groups in total. The van der Waals surface area contributed by atoms with Gasteiger partial charge >= 0.3 is 5.97 Å². The van der Waals surface area contributed by atoms with Crippen molar-refractivity contribution in [3.05, 3.63) is 22.8 Å². The zero-order valence-electron chi connectivity index (χ0n) is 7.07. The van der Waals surface area contributed by atoms with Gasteiger partial charge in [0.1, 0.15) is 0 Å². The van der Waals surface area contributed by atoms with Crippen molar-refractivity contribution in [2.45, 2.75) is 6.92 Å². The first-order valence-electron chi connectivity index (χ1n) is 3.71. The summed E-state index contributed by atoms with van der Waals surface area (Å²) in [4.78, 5) is 22.3. The Morgan fingerprint density at radius 2 is 2.46 bits per heavy atom. The van der Waals surface area contributed by atoms with Crippen molar-refractivity contribution >= 4 is 22.8 Å². The molecule has 0 aromatic rings. The van der Waals surface area contributed by atoms with Gasteiger partial charge in [0.2, 0.25) is 5.12 Å². The van der Waals surface area contributed by atoms with Crippen molar-refractivity contribution in [3.8, 4) is 0 Å². The van der Waals surface area contributed by atoms with Crippen LogP contribution in [0.4, 0.5) is 0 Å². The highest BCUT2D eigenvalue weighted by molar-refractivity contribution is 8.18. The molecule has 4 nitrogen and oxygen atoms in total. The second-order valence-corrected chi connectivity index (χ2v) is 3.33. The minimum absolute atomic E-state index is 0.167. The van der Waals surface area contributed by atoms with Gasteiger partial charge in [-0.15, -0.1) is 0 Å². The predicted molar refractivity (Wildman–Crippen MR) is 49.6 cm³/mol. The minimum atomic E-state index is -0.455. The summed E-state index contributed by atoms with van der Waals surface area (Å²) in [5.41, 5.74) is 5.48. The highest BCUT2D eigenvalue weighted by Gasteiger charge is 2.18. The molecule has 1 heterocycles. The van der Waals surface area contributed by atoms with Gasteiger partial charge in [0.15, 0.2) is 0 Å². The van der Waals surface area contributed by atoms with Gasteiger partial charge < -0.3 is 10.5 Å². The van der Waals surface area contributed by atoms with Crippen molar-refractivity contribution < 1.29 is 14.3 Å². The molecule has 0 atom stereocenters. The maximum atomic E-state index is 10.9. The van der Waals surface area contributed by atoms with Gasteiger partial charge in [-0.3, -0.25) is 4.79 Å². The SMILES string of the molecule is CCOC(=O)/C=C1/C=C(N)C(=O)S1. The van der Waals surface area contributed by atoms with Gasteiger partial charge in [-0.05, 0) is 24.8 Å². The fraction of sp³-hybridized carbons (Fsp3) is 0.250. The molecule has 0 saturated heterocycles. The zero-order valence-corrected chi connectivity index (χ0v) is 7.89. The number of hydrogen-bond acceptors (Lipinski definition) is 5. The molecule has 0 bridgehead atoms. The average Bonchev–Trinajstić information content (AvgIpc) is 2.31.